The van der Waals surface area contributed by atoms with E-state index in [0.717, 1.165) is 31.5 Å². The molecule has 1 heterocycles. The van der Waals surface area contributed by atoms with Crippen molar-refractivity contribution in [2.45, 2.75) is 33.1 Å². The minimum atomic E-state index is -0.0668. The predicted octanol–water partition coefficient (Wildman–Crippen LogP) is 2.50. The van der Waals surface area contributed by atoms with Crippen molar-refractivity contribution in [3.05, 3.63) is 29.3 Å². The van der Waals surface area contributed by atoms with Gasteiger partial charge >= 0.3 is 0 Å². The number of rotatable bonds is 5. The van der Waals surface area contributed by atoms with Crippen LogP contribution >= 0.6 is 0 Å². The zero-order valence-corrected chi connectivity index (χ0v) is 13.8. The fourth-order valence-corrected chi connectivity index (χ4v) is 2.91. The number of nitriles is 1. The molecule has 1 aliphatic heterocycles. The van der Waals surface area contributed by atoms with E-state index in [1.165, 1.54) is 6.92 Å². The molecule has 1 saturated heterocycles. The Balaban J connectivity index is 2.20. The molecule has 0 saturated carbocycles. The fourth-order valence-electron chi connectivity index (χ4n) is 2.91. The first kappa shape index (κ1) is 17.0. The highest BCUT2D eigenvalue weighted by Gasteiger charge is 2.27. The minimum absolute atomic E-state index is 0.0232. The first-order valence-electron chi connectivity index (χ1n) is 8.14. The molecule has 1 aliphatic rings. The van der Waals surface area contributed by atoms with Crippen molar-refractivity contribution >= 4 is 17.4 Å². The average Bonchev–Trinajstić information content (AvgIpc) is 2.59. The van der Waals surface area contributed by atoms with Crippen LogP contribution in [-0.2, 0) is 4.79 Å². The molecule has 5 nitrogen and oxygen atoms in total. The molecule has 5 heteroatoms. The summed E-state index contributed by atoms with van der Waals surface area (Å²) in [6, 6.07) is 7.32. The number of hydrogen-bond donors (Lipinski definition) is 1. The number of carbonyl (C=O) groups excluding carboxylic acids is 2. The lowest BCUT2D eigenvalue weighted by Crippen LogP contribution is -2.43. The summed E-state index contributed by atoms with van der Waals surface area (Å²) < 4.78 is 0. The van der Waals surface area contributed by atoms with Crippen LogP contribution < -0.4 is 10.2 Å². The second-order valence-electron chi connectivity index (χ2n) is 5.98. The summed E-state index contributed by atoms with van der Waals surface area (Å²) in [4.78, 5) is 25.9. The Morgan fingerprint density at radius 2 is 2.22 bits per heavy atom. The summed E-state index contributed by atoms with van der Waals surface area (Å²) in [7, 11) is 0. The summed E-state index contributed by atoms with van der Waals surface area (Å²) >= 11 is 0. The number of piperidine rings is 1. The van der Waals surface area contributed by atoms with Gasteiger partial charge in [0, 0.05) is 25.2 Å². The standard InChI is InChI=1S/C18H23N3O2/c1-3-8-20-18(23)16-5-4-9-21(12-16)17-10-14(13(2)22)6-7-15(17)11-19/h6-7,10,16H,3-5,8-9,12H2,1-2H3,(H,20,23). The molecule has 0 aliphatic carbocycles. The molecule has 1 aromatic carbocycles. The second-order valence-corrected chi connectivity index (χ2v) is 5.98. The van der Waals surface area contributed by atoms with Crippen molar-refractivity contribution in [1.82, 2.24) is 5.32 Å². The van der Waals surface area contributed by atoms with Gasteiger partial charge in [0.05, 0.1) is 17.2 Å². The summed E-state index contributed by atoms with van der Waals surface area (Å²) in [5.74, 6) is -0.00871. The van der Waals surface area contributed by atoms with Crippen LogP contribution in [-0.4, -0.2) is 31.3 Å². The van der Waals surface area contributed by atoms with E-state index < -0.39 is 0 Å². The Bertz CT molecular complexity index is 634. The molecule has 0 aromatic heterocycles. The normalized spacial score (nSPS) is 17.4. The molecule has 0 spiro atoms. The molecule has 1 atom stereocenters. The molecule has 1 N–H and O–H groups in total. The lowest BCUT2D eigenvalue weighted by Gasteiger charge is -2.34. The molecule has 2 rings (SSSR count). The van der Waals surface area contributed by atoms with Gasteiger partial charge in [-0.25, -0.2) is 0 Å². The zero-order valence-electron chi connectivity index (χ0n) is 13.8. The van der Waals surface area contributed by atoms with Crippen molar-refractivity contribution in [3.8, 4) is 6.07 Å². The van der Waals surface area contributed by atoms with E-state index in [0.29, 0.717) is 24.2 Å². The van der Waals surface area contributed by atoms with Crippen LogP contribution in [0.1, 0.15) is 49.0 Å². The number of ketones is 1. The smallest absolute Gasteiger partial charge is 0.224 e. The van der Waals surface area contributed by atoms with Gasteiger partial charge in [-0.1, -0.05) is 6.92 Å². The van der Waals surface area contributed by atoms with Gasteiger partial charge in [0.25, 0.3) is 0 Å². The maximum absolute atomic E-state index is 12.2. The Morgan fingerprint density at radius 3 is 2.87 bits per heavy atom. The first-order chi connectivity index (χ1) is 11.1. The number of amides is 1. The Labute approximate surface area is 137 Å². The molecule has 23 heavy (non-hydrogen) atoms. The van der Waals surface area contributed by atoms with E-state index in [-0.39, 0.29) is 17.6 Å². The summed E-state index contributed by atoms with van der Waals surface area (Å²) in [6.07, 6.45) is 2.68. The van der Waals surface area contributed by atoms with Crippen LogP contribution in [0, 0.1) is 17.2 Å². The monoisotopic (exact) mass is 313 g/mol. The highest BCUT2D eigenvalue weighted by atomic mass is 16.2. The van der Waals surface area contributed by atoms with Crippen LogP contribution in [0.25, 0.3) is 0 Å². The van der Waals surface area contributed by atoms with E-state index >= 15 is 0 Å². The van der Waals surface area contributed by atoms with Gasteiger partial charge in [-0.05, 0) is 44.4 Å². The number of benzene rings is 1. The number of hydrogen-bond acceptors (Lipinski definition) is 4. The maximum Gasteiger partial charge on any atom is 0.224 e. The summed E-state index contributed by atoms with van der Waals surface area (Å²) in [5.41, 5.74) is 1.90. The molecular formula is C18H23N3O2. The van der Waals surface area contributed by atoms with Crippen LogP contribution in [0.15, 0.2) is 18.2 Å². The number of nitrogens with one attached hydrogen (secondary N) is 1. The quantitative estimate of drug-likeness (QED) is 0.848. The van der Waals surface area contributed by atoms with Gasteiger partial charge in [-0.3, -0.25) is 9.59 Å². The third-order valence-electron chi connectivity index (χ3n) is 4.21. The maximum atomic E-state index is 12.2. The van der Waals surface area contributed by atoms with Crippen LogP contribution in [0.3, 0.4) is 0 Å². The molecule has 0 radical (unpaired) electrons. The summed E-state index contributed by atoms with van der Waals surface area (Å²) in [5, 5.41) is 12.3. The van der Waals surface area contributed by atoms with Crippen molar-refractivity contribution in [3.63, 3.8) is 0 Å². The molecule has 1 amide bonds. The van der Waals surface area contributed by atoms with Crippen LogP contribution in [0.5, 0.6) is 0 Å². The average molecular weight is 313 g/mol. The number of carbonyl (C=O) groups is 2. The molecule has 122 valence electrons. The van der Waals surface area contributed by atoms with Crippen LogP contribution in [0.4, 0.5) is 5.69 Å². The zero-order chi connectivity index (χ0) is 16.8. The molecule has 1 unspecified atom stereocenters. The number of nitrogens with zero attached hydrogens (tertiary/aromatic N) is 2. The lowest BCUT2D eigenvalue weighted by molar-refractivity contribution is -0.125. The van der Waals surface area contributed by atoms with Gasteiger partial charge in [-0.2, -0.15) is 5.26 Å². The molecule has 1 fully saturated rings. The number of Topliss-reactive ketones (excluding diaryl/α,β-unsaturated/α-hetero) is 1. The highest BCUT2D eigenvalue weighted by Crippen LogP contribution is 2.27. The molecular weight excluding hydrogens is 290 g/mol. The Kier molecular flexibility index (Phi) is 5.75. The SMILES string of the molecule is CCCNC(=O)C1CCCN(c2cc(C(C)=O)ccc2C#N)C1. The van der Waals surface area contributed by atoms with E-state index in [1.54, 1.807) is 18.2 Å². The van der Waals surface area contributed by atoms with Crippen molar-refractivity contribution < 1.29 is 9.59 Å². The van der Waals surface area contributed by atoms with Gasteiger partial charge in [0.2, 0.25) is 5.91 Å². The Morgan fingerprint density at radius 1 is 1.43 bits per heavy atom. The minimum Gasteiger partial charge on any atom is -0.370 e. The fraction of sp³-hybridized carbons (Fsp3) is 0.500. The van der Waals surface area contributed by atoms with Crippen molar-refractivity contribution in [2.24, 2.45) is 5.92 Å². The van der Waals surface area contributed by atoms with Gasteiger partial charge in [0.1, 0.15) is 6.07 Å². The van der Waals surface area contributed by atoms with Crippen molar-refractivity contribution in [1.29, 1.82) is 5.26 Å². The second kappa shape index (κ2) is 7.77. The third-order valence-corrected chi connectivity index (χ3v) is 4.21. The predicted molar refractivity (Wildman–Crippen MR) is 89.4 cm³/mol. The number of anilines is 1. The first-order valence-corrected chi connectivity index (χ1v) is 8.14. The lowest BCUT2D eigenvalue weighted by atomic mass is 9.95. The van der Waals surface area contributed by atoms with Gasteiger partial charge < -0.3 is 10.2 Å². The molecule has 0 bridgehead atoms. The molecule has 1 aromatic rings. The van der Waals surface area contributed by atoms with E-state index in [2.05, 4.69) is 16.3 Å². The van der Waals surface area contributed by atoms with E-state index in [9.17, 15) is 14.9 Å². The largest absolute Gasteiger partial charge is 0.370 e. The van der Waals surface area contributed by atoms with Gasteiger partial charge in [-0.15, -0.1) is 0 Å². The summed E-state index contributed by atoms with van der Waals surface area (Å²) in [6.45, 7) is 5.63. The van der Waals surface area contributed by atoms with Crippen molar-refractivity contribution in [2.75, 3.05) is 24.5 Å². The van der Waals surface area contributed by atoms with E-state index in [4.69, 9.17) is 0 Å². The van der Waals surface area contributed by atoms with E-state index in [1.807, 2.05) is 6.92 Å². The highest BCUT2D eigenvalue weighted by molar-refractivity contribution is 5.95. The third kappa shape index (κ3) is 4.10. The van der Waals surface area contributed by atoms with Crippen LogP contribution in [0.2, 0.25) is 0 Å². The Hall–Kier alpha value is -2.35. The topological polar surface area (TPSA) is 73.2 Å². The van der Waals surface area contributed by atoms with Gasteiger partial charge in [0.15, 0.2) is 5.78 Å².